The Morgan fingerprint density at radius 1 is 1.17 bits per heavy atom. The minimum absolute atomic E-state index is 0.0980. The Morgan fingerprint density at radius 2 is 2.00 bits per heavy atom. The van der Waals surface area contributed by atoms with E-state index in [-0.39, 0.29) is 5.78 Å². The molecule has 7 nitrogen and oxygen atoms in total. The average Bonchev–Trinajstić information content (AvgIpc) is 3.21. The molecule has 0 radical (unpaired) electrons. The maximum atomic E-state index is 11.3. The van der Waals surface area contributed by atoms with Gasteiger partial charge in [-0.1, -0.05) is 6.07 Å². The number of fused-ring (bicyclic) bond motifs is 1. The molecule has 0 aromatic heterocycles. The summed E-state index contributed by atoms with van der Waals surface area (Å²) in [5.74, 6) is 1.31. The molecule has 8 heteroatoms. The van der Waals surface area contributed by atoms with Gasteiger partial charge >= 0.3 is 0 Å². The second kappa shape index (κ2) is 8.16. The van der Waals surface area contributed by atoms with Crippen LogP contribution in [0.15, 0.2) is 51.8 Å². The fraction of sp³-hybridized carbons (Fsp3) is 0.286. The third kappa shape index (κ3) is 4.22. The van der Waals surface area contributed by atoms with Gasteiger partial charge in [0.1, 0.15) is 28.9 Å². The van der Waals surface area contributed by atoms with Crippen LogP contribution in [0.3, 0.4) is 0 Å². The molecule has 0 saturated carbocycles. The highest BCUT2D eigenvalue weighted by Crippen LogP contribution is 2.36. The van der Waals surface area contributed by atoms with Gasteiger partial charge in [0.15, 0.2) is 0 Å². The lowest BCUT2D eigenvalue weighted by molar-refractivity contribution is -0.114. The van der Waals surface area contributed by atoms with Gasteiger partial charge in [-0.3, -0.25) is 4.79 Å². The molecule has 0 aliphatic carbocycles. The van der Waals surface area contributed by atoms with Crippen molar-refractivity contribution in [3.05, 3.63) is 46.9 Å². The fourth-order valence-corrected chi connectivity index (χ4v) is 4.00. The lowest BCUT2D eigenvalue weighted by Crippen LogP contribution is -2.28. The van der Waals surface area contributed by atoms with Gasteiger partial charge in [-0.25, -0.2) is 0 Å². The Bertz CT molecular complexity index is 1050. The maximum Gasteiger partial charge on any atom is 0.143 e. The van der Waals surface area contributed by atoms with Gasteiger partial charge in [0.05, 0.1) is 23.7 Å². The normalized spacial score (nSPS) is 15.3. The van der Waals surface area contributed by atoms with E-state index in [4.69, 9.17) is 4.74 Å². The number of hydrogen-bond acceptors (Lipinski definition) is 8. The number of benzene rings is 2. The van der Waals surface area contributed by atoms with Crippen LogP contribution in [-0.4, -0.2) is 42.5 Å². The maximum absolute atomic E-state index is 11.3. The van der Waals surface area contributed by atoms with Crippen molar-refractivity contribution in [2.75, 3.05) is 30.9 Å². The summed E-state index contributed by atoms with van der Waals surface area (Å²) >= 11 is 1.40. The molecule has 2 aromatic carbocycles. The van der Waals surface area contributed by atoms with Gasteiger partial charge in [0.2, 0.25) is 0 Å². The van der Waals surface area contributed by atoms with E-state index >= 15 is 0 Å². The molecule has 0 saturated heterocycles. The van der Waals surface area contributed by atoms with E-state index in [1.807, 2.05) is 31.3 Å². The number of carbonyl (C=O) groups excluding carboxylic acids is 1. The van der Waals surface area contributed by atoms with E-state index in [0.29, 0.717) is 24.5 Å². The first kappa shape index (κ1) is 19.3. The SMILES string of the molecule is CC(=O)CSC1=NN=C(c2cc(N=O)cc(-c3ccc4c(c3)OCCN4C)c2)C1. The number of likely N-dealkylation sites (N-methyl/N-ethyl adjacent to an activating group) is 1. The number of ether oxygens (including phenoxy) is 1. The number of thioether (sulfide) groups is 1. The summed E-state index contributed by atoms with van der Waals surface area (Å²) in [6, 6.07) is 11.5. The molecule has 0 N–H and O–H groups in total. The van der Waals surface area contributed by atoms with Crippen molar-refractivity contribution in [3.63, 3.8) is 0 Å². The predicted molar refractivity (Wildman–Crippen MR) is 118 cm³/mol. The van der Waals surface area contributed by atoms with Gasteiger partial charge in [0, 0.05) is 19.0 Å². The highest BCUT2D eigenvalue weighted by Gasteiger charge is 2.19. The monoisotopic (exact) mass is 408 g/mol. The van der Waals surface area contributed by atoms with Gasteiger partial charge < -0.3 is 9.64 Å². The molecule has 0 unspecified atom stereocenters. The molecule has 2 aliphatic rings. The van der Waals surface area contributed by atoms with Gasteiger partial charge in [-0.2, -0.15) is 5.10 Å². The molecule has 0 atom stereocenters. The minimum Gasteiger partial charge on any atom is -0.490 e. The molecule has 2 heterocycles. The Hall–Kier alpha value is -3.00. The van der Waals surface area contributed by atoms with Crippen molar-refractivity contribution in [3.8, 4) is 16.9 Å². The zero-order chi connectivity index (χ0) is 20.4. The van der Waals surface area contributed by atoms with Crippen LogP contribution in [0.1, 0.15) is 18.9 Å². The van der Waals surface area contributed by atoms with Crippen molar-refractivity contribution in [1.82, 2.24) is 0 Å². The van der Waals surface area contributed by atoms with Crippen LogP contribution in [0.2, 0.25) is 0 Å². The Labute approximate surface area is 172 Å². The Morgan fingerprint density at radius 3 is 2.79 bits per heavy atom. The van der Waals surface area contributed by atoms with Crippen LogP contribution < -0.4 is 9.64 Å². The third-order valence-electron chi connectivity index (χ3n) is 4.79. The summed E-state index contributed by atoms with van der Waals surface area (Å²) in [6.07, 6.45) is 0.539. The number of Topliss-reactive ketones (excluding diaryl/α,β-unsaturated/α-hetero) is 1. The van der Waals surface area contributed by atoms with Crippen LogP contribution in [0.4, 0.5) is 11.4 Å². The van der Waals surface area contributed by atoms with Crippen LogP contribution in [-0.2, 0) is 4.79 Å². The van der Waals surface area contributed by atoms with Crippen molar-refractivity contribution >= 4 is 39.7 Å². The van der Waals surface area contributed by atoms with Crippen LogP contribution in [0.25, 0.3) is 11.1 Å². The molecule has 2 aliphatic heterocycles. The lowest BCUT2D eigenvalue weighted by atomic mass is 9.98. The van der Waals surface area contributed by atoms with Gasteiger partial charge in [-0.15, -0.1) is 21.8 Å². The van der Waals surface area contributed by atoms with Crippen LogP contribution in [0, 0.1) is 4.91 Å². The quantitative estimate of drug-likeness (QED) is 0.685. The second-order valence-corrected chi connectivity index (χ2v) is 8.07. The summed E-state index contributed by atoms with van der Waals surface area (Å²) in [7, 11) is 2.04. The lowest BCUT2D eigenvalue weighted by Gasteiger charge is -2.28. The Balaban J connectivity index is 1.62. The molecule has 0 bridgehead atoms. The number of hydrogen-bond donors (Lipinski definition) is 0. The average molecular weight is 408 g/mol. The molecule has 148 valence electrons. The molecule has 2 aromatic rings. The smallest absolute Gasteiger partial charge is 0.143 e. The zero-order valence-corrected chi connectivity index (χ0v) is 17.0. The number of nitroso groups, excluding NO2 is 1. The first-order chi connectivity index (χ1) is 14.0. The number of anilines is 1. The number of ketones is 1. The summed E-state index contributed by atoms with van der Waals surface area (Å²) in [6.45, 7) is 3.05. The standard InChI is InChI=1S/C21H20N4O3S/c1-13(26)12-29-21-11-18(22-23-21)16-7-15(8-17(9-16)24-27)14-3-4-19-20(10-14)28-6-5-25(19)2/h3-4,7-10H,5-6,11-12H2,1-2H3. The van der Waals surface area contributed by atoms with Crippen molar-refractivity contribution in [1.29, 1.82) is 0 Å². The van der Waals surface area contributed by atoms with Crippen LogP contribution >= 0.6 is 11.8 Å². The summed E-state index contributed by atoms with van der Waals surface area (Å²) in [5, 5.41) is 12.4. The van der Waals surface area contributed by atoms with Crippen molar-refractivity contribution in [2.45, 2.75) is 13.3 Å². The summed E-state index contributed by atoms with van der Waals surface area (Å²) in [5.41, 5.74) is 4.75. The summed E-state index contributed by atoms with van der Waals surface area (Å²) < 4.78 is 5.80. The van der Waals surface area contributed by atoms with E-state index in [2.05, 4.69) is 20.3 Å². The van der Waals surface area contributed by atoms with Gasteiger partial charge in [-0.05, 0) is 53.6 Å². The Kier molecular flexibility index (Phi) is 5.44. The highest BCUT2D eigenvalue weighted by molar-refractivity contribution is 8.14. The molecular formula is C21H20N4O3S. The zero-order valence-electron chi connectivity index (χ0n) is 16.2. The van der Waals surface area contributed by atoms with E-state index in [0.717, 1.165) is 45.4 Å². The van der Waals surface area contributed by atoms with E-state index in [9.17, 15) is 9.70 Å². The first-order valence-electron chi connectivity index (χ1n) is 9.26. The minimum atomic E-state index is 0.0980. The molecule has 4 rings (SSSR count). The van der Waals surface area contributed by atoms with Crippen LogP contribution in [0.5, 0.6) is 5.75 Å². The van der Waals surface area contributed by atoms with Crippen molar-refractivity contribution < 1.29 is 9.53 Å². The first-order valence-corrected chi connectivity index (χ1v) is 10.2. The van der Waals surface area contributed by atoms with E-state index in [1.54, 1.807) is 19.1 Å². The molecule has 29 heavy (non-hydrogen) atoms. The largest absolute Gasteiger partial charge is 0.490 e. The molecule has 0 fully saturated rings. The van der Waals surface area contributed by atoms with Crippen molar-refractivity contribution in [2.24, 2.45) is 15.4 Å². The predicted octanol–water partition coefficient (Wildman–Crippen LogP) is 4.41. The third-order valence-corrected chi connectivity index (χ3v) is 5.90. The molecule has 0 spiro atoms. The topological polar surface area (TPSA) is 83.7 Å². The molecule has 0 amide bonds. The fourth-order valence-electron chi connectivity index (χ4n) is 3.29. The summed E-state index contributed by atoms with van der Waals surface area (Å²) in [4.78, 5) is 24.6. The molecular weight excluding hydrogens is 388 g/mol. The van der Waals surface area contributed by atoms with E-state index in [1.165, 1.54) is 11.8 Å². The van der Waals surface area contributed by atoms with E-state index < -0.39 is 0 Å². The second-order valence-electron chi connectivity index (χ2n) is 7.02. The number of carbonyl (C=O) groups is 1. The highest BCUT2D eigenvalue weighted by atomic mass is 32.2. The number of rotatable bonds is 5. The number of nitrogens with zero attached hydrogens (tertiary/aromatic N) is 4. The van der Waals surface area contributed by atoms with Gasteiger partial charge in [0.25, 0.3) is 0 Å².